The van der Waals surface area contributed by atoms with Gasteiger partial charge in [0.25, 0.3) is 0 Å². The second-order valence-electron chi connectivity index (χ2n) is 10.4. The van der Waals surface area contributed by atoms with Crippen molar-refractivity contribution in [1.29, 1.82) is 0 Å². The molecule has 6 nitrogen and oxygen atoms in total. The molecule has 29 heavy (non-hydrogen) atoms. The molecule has 2 heterocycles. The van der Waals surface area contributed by atoms with Gasteiger partial charge in [-0.25, -0.2) is 0 Å². The van der Waals surface area contributed by atoms with E-state index in [0.29, 0.717) is 37.8 Å². The number of amides is 2. The van der Waals surface area contributed by atoms with Crippen molar-refractivity contribution < 1.29 is 19.5 Å². The maximum atomic E-state index is 13.0. The first-order chi connectivity index (χ1) is 13.5. The summed E-state index contributed by atoms with van der Waals surface area (Å²) in [6.07, 6.45) is 2.49. The van der Waals surface area contributed by atoms with Gasteiger partial charge in [-0.2, -0.15) is 0 Å². The first kappa shape index (κ1) is 23.7. The van der Waals surface area contributed by atoms with E-state index in [1.165, 1.54) is 0 Å². The largest absolute Gasteiger partial charge is 0.481 e. The molecule has 2 amide bonds. The molecule has 2 aliphatic heterocycles. The number of carbonyl (C=O) groups excluding carboxylic acids is 2. The zero-order chi connectivity index (χ0) is 21.9. The molecule has 1 N–H and O–H groups in total. The molecule has 2 saturated heterocycles. The average Bonchev–Trinajstić information content (AvgIpc) is 3.08. The minimum Gasteiger partial charge on any atom is -0.481 e. The fourth-order valence-corrected chi connectivity index (χ4v) is 5.30. The van der Waals surface area contributed by atoms with Crippen LogP contribution < -0.4 is 0 Å². The topological polar surface area (TPSA) is 77.9 Å². The lowest BCUT2D eigenvalue weighted by Crippen LogP contribution is -2.55. The lowest BCUT2D eigenvalue weighted by Gasteiger charge is -2.42. The Morgan fingerprint density at radius 3 is 1.62 bits per heavy atom. The predicted octanol–water partition coefficient (Wildman–Crippen LogP) is 3.85. The Hall–Kier alpha value is -1.59. The van der Waals surface area contributed by atoms with Gasteiger partial charge in [-0.1, -0.05) is 41.5 Å². The summed E-state index contributed by atoms with van der Waals surface area (Å²) < 4.78 is 0. The van der Waals surface area contributed by atoms with Crippen molar-refractivity contribution in [1.82, 2.24) is 9.80 Å². The van der Waals surface area contributed by atoms with Gasteiger partial charge in [0.05, 0.1) is 6.42 Å². The molecule has 3 atom stereocenters. The monoisotopic (exact) mass is 408 g/mol. The Labute approximate surface area is 176 Å². The highest BCUT2D eigenvalue weighted by Gasteiger charge is 2.46. The summed E-state index contributed by atoms with van der Waals surface area (Å²) in [6, 6.07) is 0. The third kappa shape index (κ3) is 6.19. The van der Waals surface area contributed by atoms with Gasteiger partial charge < -0.3 is 14.9 Å². The smallest absolute Gasteiger partial charge is 0.303 e. The van der Waals surface area contributed by atoms with Crippen molar-refractivity contribution in [3.05, 3.63) is 0 Å². The first-order valence-electron chi connectivity index (χ1n) is 11.3. The summed E-state index contributed by atoms with van der Waals surface area (Å²) in [5.41, 5.74) is 0. The number of hydrogen-bond acceptors (Lipinski definition) is 3. The number of carbonyl (C=O) groups is 3. The van der Waals surface area contributed by atoms with Crippen LogP contribution >= 0.6 is 0 Å². The third-order valence-electron chi connectivity index (χ3n) is 6.37. The van der Waals surface area contributed by atoms with Crippen LogP contribution in [0.1, 0.15) is 73.6 Å². The maximum Gasteiger partial charge on any atom is 0.303 e. The molecule has 0 spiro atoms. The highest BCUT2D eigenvalue weighted by Crippen LogP contribution is 2.37. The number of rotatable bonds is 10. The fraction of sp³-hybridized carbons (Fsp3) is 0.870. The van der Waals surface area contributed by atoms with Gasteiger partial charge in [-0.15, -0.1) is 0 Å². The van der Waals surface area contributed by atoms with E-state index in [1.54, 1.807) is 0 Å². The summed E-state index contributed by atoms with van der Waals surface area (Å²) in [5.74, 6) is 0.641. The Morgan fingerprint density at radius 1 is 0.897 bits per heavy atom. The molecule has 0 aromatic heterocycles. The van der Waals surface area contributed by atoms with Crippen molar-refractivity contribution in [2.24, 2.45) is 35.5 Å². The van der Waals surface area contributed by atoms with Crippen LogP contribution in [0.15, 0.2) is 0 Å². The summed E-state index contributed by atoms with van der Waals surface area (Å²) in [4.78, 5) is 41.3. The van der Waals surface area contributed by atoms with Crippen LogP contribution in [0.25, 0.3) is 0 Å². The third-order valence-corrected chi connectivity index (χ3v) is 6.37. The molecule has 0 aromatic carbocycles. The average molecular weight is 409 g/mol. The van der Waals surface area contributed by atoms with Crippen LogP contribution in [-0.2, 0) is 14.4 Å². The normalized spacial score (nSPS) is 24.1. The van der Waals surface area contributed by atoms with Crippen LogP contribution in [0.5, 0.6) is 0 Å². The van der Waals surface area contributed by atoms with Crippen molar-refractivity contribution in [2.75, 3.05) is 13.1 Å². The fourth-order valence-electron chi connectivity index (χ4n) is 5.30. The van der Waals surface area contributed by atoms with Crippen LogP contribution in [0, 0.1) is 35.5 Å². The zero-order valence-electron chi connectivity index (χ0n) is 19.1. The van der Waals surface area contributed by atoms with Crippen LogP contribution in [-0.4, -0.2) is 51.9 Å². The molecule has 2 fully saturated rings. The molecule has 6 heteroatoms. The summed E-state index contributed by atoms with van der Waals surface area (Å²) in [7, 11) is 0. The van der Waals surface area contributed by atoms with Crippen LogP contribution in [0.2, 0.25) is 0 Å². The summed E-state index contributed by atoms with van der Waals surface area (Å²) in [5, 5.41) is 9.53. The van der Waals surface area contributed by atoms with Gasteiger partial charge in [0.1, 0.15) is 6.17 Å². The number of likely N-dealkylation sites (tertiary alicyclic amines) is 2. The van der Waals surface area contributed by atoms with Crippen LogP contribution in [0.4, 0.5) is 0 Å². The lowest BCUT2D eigenvalue weighted by atomic mass is 9.87. The SMILES string of the molecule is CC(C)C[C@H]1CC(=O)N(C([C@H](CC(=O)O)C(C)C)N2C[C@@H](CC(C)C)CC2=O)C1. The Morgan fingerprint density at radius 2 is 1.31 bits per heavy atom. The van der Waals surface area contributed by atoms with E-state index in [9.17, 15) is 19.5 Å². The minimum absolute atomic E-state index is 0.0282. The molecular formula is C23H40N2O4. The molecular weight excluding hydrogens is 368 g/mol. The number of hydrogen-bond donors (Lipinski definition) is 1. The predicted molar refractivity (Wildman–Crippen MR) is 113 cm³/mol. The molecule has 0 radical (unpaired) electrons. The zero-order valence-corrected chi connectivity index (χ0v) is 19.1. The van der Waals surface area contributed by atoms with E-state index in [0.717, 1.165) is 12.8 Å². The molecule has 0 aromatic rings. The maximum absolute atomic E-state index is 13.0. The van der Waals surface area contributed by atoms with Gasteiger partial charge in [-0.3, -0.25) is 14.4 Å². The van der Waals surface area contributed by atoms with Crippen molar-refractivity contribution in [3.8, 4) is 0 Å². The number of carboxylic acids is 1. The van der Waals surface area contributed by atoms with E-state index >= 15 is 0 Å². The minimum atomic E-state index is -0.871. The Balaban J connectivity index is 2.32. The second kappa shape index (κ2) is 9.94. The number of carboxylic acid groups (broad SMARTS) is 1. The van der Waals surface area contributed by atoms with E-state index in [1.807, 2.05) is 23.6 Å². The van der Waals surface area contributed by atoms with Gasteiger partial charge in [0.15, 0.2) is 0 Å². The Bertz CT molecular complexity index is 564. The summed E-state index contributed by atoms with van der Waals surface area (Å²) >= 11 is 0. The molecule has 166 valence electrons. The van der Waals surface area contributed by atoms with Crippen molar-refractivity contribution >= 4 is 17.8 Å². The first-order valence-corrected chi connectivity index (χ1v) is 11.3. The summed E-state index contributed by atoms with van der Waals surface area (Å²) in [6.45, 7) is 13.9. The quantitative estimate of drug-likeness (QED) is 0.596. The van der Waals surface area contributed by atoms with E-state index < -0.39 is 12.1 Å². The molecule has 0 saturated carbocycles. The van der Waals surface area contributed by atoms with E-state index in [2.05, 4.69) is 27.7 Å². The lowest BCUT2D eigenvalue weighted by molar-refractivity contribution is -0.150. The molecule has 0 bridgehead atoms. The molecule has 2 aliphatic rings. The molecule has 0 aliphatic carbocycles. The van der Waals surface area contributed by atoms with Gasteiger partial charge in [0.2, 0.25) is 11.8 Å². The van der Waals surface area contributed by atoms with E-state index in [-0.39, 0.29) is 41.9 Å². The number of aliphatic carboxylic acids is 1. The van der Waals surface area contributed by atoms with Crippen LogP contribution in [0.3, 0.4) is 0 Å². The molecule has 2 rings (SSSR count). The molecule has 0 unspecified atom stereocenters. The highest BCUT2D eigenvalue weighted by molar-refractivity contribution is 5.82. The van der Waals surface area contributed by atoms with Gasteiger partial charge >= 0.3 is 5.97 Å². The Kier molecular flexibility index (Phi) is 8.12. The van der Waals surface area contributed by atoms with E-state index in [4.69, 9.17) is 0 Å². The number of nitrogens with zero attached hydrogens (tertiary/aromatic N) is 2. The van der Waals surface area contributed by atoms with Crippen molar-refractivity contribution in [3.63, 3.8) is 0 Å². The highest BCUT2D eigenvalue weighted by atomic mass is 16.4. The standard InChI is InChI=1S/C23H40N2O4/c1-14(2)7-17-9-20(26)24(12-17)23(19(16(5)6)11-22(28)29)25-13-18(8-15(3)4)10-21(25)27/h14-19,23H,7-13H2,1-6H3,(H,28,29)/t17-,18-,19+/m0/s1. The second-order valence-corrected chi connectivity index (χ2v) is 10.4. The van der Waals surface area contributed by atoms with Crippen molar-refractivity contribution in [2.45, 2.75) is 79.8 Å². The van der Waals surface area contributed by atoms with Gasteiger partial charge in [-0.05, 0) is 42.4 Å². The van der Waals surface area contributed by atoms with Gasteiger partial charge in [0, 0.05) is 31.8 Å².